The van der Waals surface area contributed by atoms with E-state index in [2.05, 4.69) is 0 Å². The van der Waals surface area contributed by atoms with Gasteiger partial charge >= 0.3 is 0 Å². The van der Waals surface area contributed by atoms with Crippen LogP contribution in [0, 0.1) is 10.1 Å². The molecule has 0 saturated carbocycles. The van der Waals surface area contributed by atoms with Crippen molar-refractivity contribution in [1.82, 2.24) is 0 Å². The first-order valence-electron chi connectivity index (χ1n) is 7.21. The Bertz CT molecular complexity index is 664. The number of rotatable bonds is 5. The summed E-state index contributed by atoms with van der Waals surface area (Å²) in [5.41, 5.74) is 7.03. The highest BCUT2D eigenvalue weighted by Crippen LogP contribution is 2.49. The van der Waals surface area contributed by atoms with Crippen molar-refractivity contribution in [3.8, 4) is 0 Å². The molecule has 1 amide bonds. The fourth-order valence-corrected chi connectivity index (χ4v) is 3.44. The van der Waals surface area contributed by atoms with Gasteiger partial charge in [-0.05, 0) is 41.9 Å². The van der Waals surface area contributed by atoms with Crippen LogP contribution < -0.4 is 5.73 Å². The number of primary amides is 1. The summed E-state index contributed by atoms with van der Waals surface area (Å²) >= 11 is 0. The molecule has 2 rings (SSSR count). The van der Waals surface area contributed by atoms with Crippen LogP contribution in [-0.2, 0) is 21.4 Å². The van der Waals surface area contributed by atoms with Gasteiger partial charge in [-0.25, -0.2) is 0 Å². The van der Waals surface area contributed by atoms with Gasteiger partial charge in [-0.15, -0.1) is 0 Å². The predicted molar refractivity (Wildman–Crippen MR) is 81.7 cm³/mol. The summed E-state index contributed by atoms with van der Waals surface area (Å²) in [4.78, 5) is 33.4. The summed E-state index contributed by atoms with van der Waals surface area (Å²) in [7, 11) is 0. The summed E-state index contributed by atoms with van der Waals surface area (Å²) in [6, 6.07) is 3.24. The lowest BCUT2D eigenvalue weighted by Crippen LogP contribution is -2.16. The maximum atomic E-state index is 11.5. The minimum atomic E-state index is -0.608. The van der Waals surface area contributed by atoms with Crippen LogP contribution in [-0.4, -0.2) is 16.6 Å². The molecule has 0 saturated heterocycles. The lowest BCUT2D eigenvalue weighted by Gasteiger charge is -2.19. The fraction of sp³-hybridized carbons (Fsp3) is 0.500. The zero-order valence-electron chi connectivity index (χ0n) is 13.0. The highest BCUT2D eigenvalue weighted by atomic mass is 16.6. The molecule has 0 aromatic heterocycles. The lowest BCUT2D eigenvalue weighted by atomic mass is 9.85. The molecule has 118 valence electrons. The SMILES string of the molecule is CC(=O)CC1CC(C)(C)c2cc([N+](=O)[O-])c(CC(N)=O)cc21. The van der Waals surface area contributed by atoms with E-state index in [0.717, 1.165) is 17.5 Å². The van der Waals surface area contributed by atoms with Gasteiger partial charge in [0.25, 0.3) is 5.69 Å². The second-order valence-electron chi connectivity index (χ2n) is 6.66. The number of carbonyl (C=O) groups is 2. The smallest absolute Gasteiger partial charge is 0.273 e. The standard InChI is InChI=1S/C16H20N2O4/c1-9(19)4-11-8-16(2,3)13-7-14(18(21)22)10(5-12(11)13)6-15(17)20/h5,7,11H,4,6,8H2,1-3H3,(H2,17,20). The Labute approximate surface area is 128 Å². The molecule has 0 bridgehead atoms. The van der Waals surface area contributed by atoms with Gasteiger partial charge in [0.15, 0.2) is 0 Å². The van der Waals surface area contributed by atoms with Crippen molar-refractivity contribution in [2.24, 2.45) is 5.73 Å². The predicted octanol–water partition coefficient (Wildman–Crippen LogP) is 2.37. The molecular formula is C16H20N2O4. The molecule has 0 heterocycles. The fourth-order valence-electron chi connectivity index (χ4n) is 3.44. The van der Waals surface area contributed by atoms with Crippen LogP contribution in [0.25, 0.3) is 0 Å². The Kier molecular flexibility index (Phi) is 4.04. The minimum Gasteiger partial charge on any atom is -0.369 e. The molecule has 6 nitrogen and oxygen atoms in total. The lowest BCUT2D eigenvalue weighted by molar-refractivity contribution is -0.385. The van der Waals surface area contributed by atoms with Crippen LogP contribution in [0.5, 0.6) is 0 Å². The molecule has 1 aliphatic carbocycles. The summed E-state index contributed by atoms with van der Waals surface area (Å²) in [6.45, 7) is 5.58. The van der Waals surface area contributed by atoms with E-state index >= 15 is 0 Å². The number of hydrogen-bond acceptors (Lipinski definition) is 4. The Balaban J connectivity index is 2.59. The molecule has 2 N–H and O–H groups in total. The van der Waals surface area contributed by atoms with Crippen molar-refractivity contribution in [2.45, 2.75) is 51.4 Å². The van der Waals surface area contributed by atoms with Crippen molar-refractivity contribution in [1.29, 1.82) is 0 Å². The number of Topliss-reactive ketones (excluding diaryl/α,β-unsaturated/α-hetero) is 1. The molecule has 0 fully saturated rings. The van der Waals surface area contributed by atoms with Gasteiger partial charge in [0.1, 0.15) is 5.78 Å². The zero-order chi connectivity index (χ0) is 16.7. The Morgan fingerprint density at radius 3 is 2.55 bits per heavy atom. The van der Waals surface area contributed by atoms with E-state index in [-0.39, 0.29) is 29.2 Å². The number of nitro groups is 1. The van der Waals surface area contributed by atoms with Gasteiger partial charge in [0.2, 0.25) is 5.91 Å². The monoisotopic (exact) mass is 304 g/mol. The highest BCUT2D eigenvalue weighted by Gasteiger charge is 2.39. The number of nitro benzene ring substituents is 1. The molecule has 1 aromatic rings. The molecular weight excluding hydrogens is 284 g/mol. The van der Waals surface area contributed by atoms with Crippen LogP contribution >= 0.6 is 0 Å². The Morgan fingerprint density at radius 2 is 2.05 bits per heavy atom. The molecule has 1 unspecified atom stereocenters. The van der Waals surface area contributed by atoms with Gasteiger partial charge in [-0.3, -0.25) is 14.9 Å². The van der Waals surface area contributed by atoms with Gasteiger partial charge in [-0.2, -0.15) is 0 Å². The number of fused-ring (bicyclic) bond motifs is 1. The molecule has 22 heavy (non-hydrogen) atoms. The van der Waals surface area contributed by atoms with E-state index in [4.69, 9.17) is 5.73 Å². The second kappa shape index (κ2) is 5.51. The topological polar surface area (TPSA) is 103 Å². The number of carbonyl (C=O) groups excluding carboxylic acids is 2. The van der Waals surface area contributed by atoms with Gasteiger partial charge in [-0.1, -0.05) is 13.8 Å². The van der Waals surface area contributed by atoms with E-state index in [0.29, 0.717) is 12.0 Å². The number of benzene rings is 1. The summed E-state index contributed by atoms with van der Waals surface area (Å²) < 4.78 is 0. The Hall–Kier alpha value is -2.24. The zero-order valence-corrected chi connectivity index (χ0v) is 13.0. The van der Waals surface area contributed by atoms with Crippen molar-refractivity contribution in [3.63, 3.8) is 0 Å². The first-order chi connectivity index (χ1) is 10.1. The molecule has 1 aromatic carbocycles. The summed E-state index contributed by atoms with van der Waals surface area (Å²) in [6.07, 6.45) is 1.00. The second-order valence-corrected chi connectivity index (χ2v) is 6.66. The number of nitrogens with zero attached hydrogens (tertiary/aromatic N) is 1. The van der Waals surface area contributed by atoms with Crippen LogP contribution in [0.15, 0.2) is 12.1 Å². The number of hydrogen-bond donors (Lipinski definition) is 1. The number of nitrogens with two attached hydrogens (primary N) is 1. The number of ketones is 1. The third-order valence-electron chi connectivity index (χ3n) is 4.27. The quantitative estimate of drug-likeness (QED) is 0.666. The normalized spacial score (nSPS) is 18.8. The minimum absolute atomic E-state index is 0.0370. The average molecular weight is 304 g/mol. The summed E-state index contributed by atoms with van der Waals surface area (Å²) in [5.74, 6) is -0.484. The van der Waals surface area contributed by atoms with Crippen LogP contribution in [0.4, 0.5) is 5.69 Å². The maximum Gasteiger partial charge on any atom is 0.273 e. The molecule has 1 atom stereocenters. The number of amides is 1. The molecule has 0 spiro atoms. The summed E-state index contributed by atoms with van der Waals surface area (Å²) in [5, 5.41) is 11.3. The third kappa shape index (κ3) is 3.00. The van der Waals surface area contributed by atoms with Crippen molar-refractivity contribution in [3.05, 3.63) is 38.9 Å². The maximum absolute atomic E-state index is 11.5. The van der Waals surface area contributed by atoms with Crippen molar-refractivity contribution >= 4 is 17.4 Å². The van der Waals surface area contributed by atoms with Gasteiger partial charge < -0.3 is 10.5 Å². The first kappa shape index (κ1) is 16.1. The molecule has 0 aliphatic heterocycles. The van der Waals surface area contributed by atoms with Crippen LogP contribution in [0.3, 0.4) is 0 Å². The third-order valence-corrected chi connectivity index (χ3v) is 4.27. The van der Waals surface area contributed by atoms with E-state index in [1.54, 1.807) is 19.1 Å². The van der Waals surface area contributed by atoms with E-state index in [1.807, 2.05) is 13.8 Å². The van der Waals surface area contributed by atoms with E-state index < -0.39 is 10.8 Å². The van der Waals surface area contributed by atoms with E-state index in [9.17, 15) is 19.7 Å². The largest absolute Gasteiger partial charge is 0.369 e. The Morgan fingerprint density at radius 1 is 1.41 bits per heavy atom. The van der Waals surface area contributed by atoms with Gasteiger partial charge in [0, 0.05) is 18.1 Å². The average Bonchev–Trinajstić information content (AvgIpc) is 2.57. The molecule has 0 radical (unpaired) electrons. The highest BCUT2D eigenvalue weighted by molar-refractivity contribution is 5.79. The molecule has 1 aliphatic rings. The first-order valence-corrected chi connectivity index (χ1v) is 7.21. The van der Waals surface area contributed by atoms with Crippen LogP contribution in [0.1, 0.15) is 56.2 Å². The van der Waals surface area contributed by atoms with Crippen molar-refractivity contribution < 1.29 is 14.5 Å². The van der Waals surface area contributed by atoms with Gasteiger partial charge in [0.05, 0.1) is 11.3 Å². The van der Waals surface area contributed by atoms with E-state index in [1.165, 1.54) is 0 Å². The van der Waals surface area contributed by atoms with Crippen molar-refractivity contribution in [2.75, 3.05) is 0 Å². The molecule has 6 heteroatoms. The van der Waals surface area contributed by atoms with Crippen LogP contribution in [0.2, 0.25) is 0 Å².